The van der Waals surface area contributed by atoms with Gasteiger partial charge < -0.3 is 28.7 Å². The summed E-state index contributed by atoms with van der Waals surface area (Å²) in [5.41, 5.74) is 15.3. The van der Waals surface area contributed by atoms with Crippen LogP contribution in [0.25, 0.3) is 16.7 Å². The smallest absolute Gasteiger partial charge is 0.121 e. The van der Waals surface area contributed by atoms with Gasteiger partial charge in [-0.15, -0.1) is 6.08 Å². The van der Waals surface area contributed by atoms with Crippen LogP contribution in [0.1, 0.15) is 28.7 Å². The van der Waals surface area contributed by atoms with Gasteiger partial charge in [0, 0.05) is 51.2 Å². The minimum atomic E-state index is 0. The Bertz CT molecular complexity index is 2330. The third kappa shape index (κ3) is 7.19. The molecule has 0 saturated carbocycles. The second kappa shape index (κ2) is 16.3. The zero-order valence-corrected chi connectivity index (χ0v) is 33.5. The molecule has 0 atom stereocenters. The van der Waals surface area contributed by atoms with Crippen molar-refractivity contribution in [2.75, 3.05) is 38.2 Å². The monoisotopic (exact) mass is 779 g/mol. The maximum Gasteiger partial charge on any atom is 0.121 e. The third-order valence-electron chi connectivity index (χ3n) is 10.3. The number of fused-ring (bicyclic) bond motifs is 3. The molecule has 0 saturated heterocycles. The summed E-state index contributed by atoms with van der Waals surface area (Å²) in [7, 11) is 6.80. The van der Waals surface area contributed by atoms with Gasteiger partial charge in [-0.05, 0) is 156 Å². The van der Waals surface area contributed by atoms with Gasteiger partial charge in [0.15, 0.2) is 0 Å². The normalized spacial score (nSPS) is 12.2. The number of nitrogens with zero attached hydrogens (tertiary/aromatic N) is 2. The third-order valence-corrected chi connectivity index (χ3v) is 10.3. The molecule has 0 aromatic heterocycles. The summed E-state index contributed by atoms with van der Waals surface area (Å²) < 4.78 is 22.3. The molecule has 7 heteroatoms. The molecule has 0 amide bonds. The van der Waals surface area contributed by atoms with Gasteiger partial charge in [-0.25, -0.2) is 0 Å². The fourth-order valence-corrected chi connectivity index (χ4v) is 7.60. The van der Waals surface area contributed by atoms with Crippen molar-refractivity contribution in [3.8, 4) is 34.1 Å². The molecule has 0 heterocycles. The summed E-state index contributed by atoms with van der Waals surface area (Å²) in [6.45, 7) is 4.15. The maximum absolute atomic E-state index is 5.63. The van der Waals surface area contributed by atoms with E-state index in [1.54, 1.807) is 28.4 Å². The van der Waals surface area contributed by atoms with E-state index in [1.807, 2.05) is 36.4 Å². The van der Waals surface area contributed by atoms with Crippen LogP contribution in [0.5, 0.6) is 23.0 Å². The molecule has 2 aliphatic carbocycles. The van der Waals surface area contributed by atoms with Gasteiger partial charge in [-0.1, -0.05) is 24.1 Å². The molecule has 0 bridgehead atoms. The number of rotatable bonds is 11. The molecule has 282 valence electrons. The van der Waals surface area contributed by atoms with Crippen molar-refractivity contribution >= 4 is 39.7 Å². The molecule has 2 aliphatic rings. The molecule has 6 nitrogen and oxygen atoms in total. The Kier molecular flexibility index (Phi) is 11.1. The molecule has 6 aromatic rings. The summed E-state index contributed by atoms with van der Waals surface area (Å²) in [5, 5.41) is 0. The predicted molar refractivity (Wildman–Crippen MR) is 225 cm³/mol. The molecule has 0 aliphatic heterocycles. The summed E-state index contributed by atoms with van der Waals surface area (Å²) in [6.07, 6.45) is 10.9. The molecule has 0 N–H and O–H groups in total. The SMILES string of the molecule is COc1ccc(N(c2ccc(OC)c(C)c2)c2ccc3c(c2)C(=CC2=[C-]CC=C2)c2cc(N(c4ccc(OC)cc4)c4ccc(OC)c(C)c4)ccc2-3)cc1.[Fe]. The first-order chi connectivity index (χ1) is 26.9. The van der Waals surface area contributed by atoms with Crippen molar-refractivity contribution < 1.29 is 36.0 Å². The van der Waals surface area contributed by atoms with Gasteiger partial charge in [0.1, 0.15) is 23.0 Å². The van der Waals surface area contributed by atoms with E-state index < -0.39 is 0 Å². The minimum Gasteiger partial charge on any atom is -0.497 e. The zero-order valence-electron chi connectivity index (χ0n) is 32.4. The predicted octanol–water partition coefficient (Wildman–Crippen LogP) is 12.4. The van der Waals surface area contributed by atoms with Gasteiger partial charge in [0.2, 0.25) is 0 Å². The van der Waals surface area contributed by atoms with Crippen LogP contribution in [-0.2, 0) is 17.1 Å². The van der Waals surface area contributed by atoms with E-state index in [1.165, 1.54) is 22.3 Å². The second-order valence-electron chi connectivity index (χ2n) is 13.6. The number of hydrogen-bond donors (Lipinski definition) is 0. The Hall–Kier alpha value is -6.14. The van der Waals surface area contributed by atoms with Gasteiger partial charge >= 0.3 is 0 Å². The average Bonchev–Trinajstić information content (AvgIpc) is 3.85. The van der Waals surface area contributed by atoms with E-state index in [0.717, 1.165) is 85.8 Å². The molecule has 0 radical (unpaired) electrons. The first-order valence-corrected chi connectivity index (χ1v) is 18.3. The van der Waals surface area contributed by atoms with Crippen LogP contribution in [0, 0.1) is 19.9 Å². The number of benzene rings is 6. The molecular weight excluding hydrogens is 736 g/mol. The fraction of sp³-hybridized carbons (Fsp3) is 0.143. The quantitative estimate of drug-likeness (QED) is 0.0962. The number of aryl methyl sites for hydroxylation is 2. The van der Waals surface area contributed by atoms with E-state index in [4.69, 9.17) is 18.9 Å². The van der Waals surface area contributed by atoms with Crippen LogP contribution in [-0.4, -0.2) is 28.4 Å². The van der Waals surface area contributed by atoms with Crippen LogP contribution in [0.3, 0.4) is 0 Å². The number of methoxy groups -OCH3 is 4. The molecular formula is C49H43FeN2O4-. The average molecular weight is 780 g/mol. The van der Waals surface area contributed by atoms with E-state index in [0.29, 0.717) is 0 Å². The Morgan fingerprint density at radius 2 is 0.893 bits per heavy atom. The van der Waals surface area contributed by atoms with E-state index in [-0.39, 0.29) is 17.1 Å². The second-order valence-corrected chi connectivity index (χ2v) is 13.6. The number of anilines is 6. The largest absolute Gasteiger partial charge is 0.497 e. The molecule has 56 heavy (non-hydrogen) atoms. The van der Waals surface area contributed by atoms with Crippen molar-refractivity contribution in [1.82, 2.24) is 0 Å². The molecule has 6 aromatic carbocycles. The topological polar surface area (TPSA) is 43.4 Å². The maximum atomic E-state index is 5.63. The van der Waals surface area contributed by atoms with Crippen LogP contribution in [0.2, 0.25) is 0 Å². The summed E-state index contributed by atoms with van der Waals surface area (Å²) in [5.74, 6) is 3.32. The fourth-order valence-electron chi connectivity index (χ4n) is 7.60. The van der Waals surface area contributed by atoms with Crippen LogP contribution in [0.15, 0.2) is 145 Å². The van der Waals surface area contributed by atoms with E-state index in [2.05, 4.69) is 133 Å². The van der Waals surface area contributed by atoms with Crippen LogP contribution >= 0.6 is 0 Å². The number of ether oxygens (including phenoxy) is 4. The Balaban J connectivity index is 0.00000480. The number of allylic oxidation sites excluding steroid dienone is 5. The molecule has 0 spiro atoms. The number of hydrogen-bond acceptors (Lipinski definition) is 6. The van der Waals surface area contributed by atoms with Crippen molar-refractivity contribution in [2.45, 2.75) is 20.3 Å². The van der Waals surface area contributed by atoms with Crippen molar-refractivity contribution in [1.29, 1.82) is 0 Å². The summed E-state index contributed by atoms with van der Waals surface area (Å²) in [4.78, 5) is 4.58. The zero-order chi connectivity index (χ0) is 38.1. The van der Waals surface area contributed by atoms with Gasteiger partial charge in [0.25, 0.3) is 0 Å². The first kappa shape index (κ1) is 38.1. The van der Waals surface area contributed by atoms with Gasteiger partial charge in [0.05, 0.1) is 28.4 Å². The Labute approximate surface area is 340 Å². The van der Waals surface area contributed by atoms with Crippen LogP contribution < -0.4 is 28.7 Å². The molecule has 8 rings (SSSR count). The molecule has 0 fully saturated rings. The Morgan fingerprint density at radius 1 is 0.482 bits per heavy atom. The first-order valence-electron chi connectivity index (χ1n) is 18.3. The summed E-state index contributed by atoms with van der Waals surface area (Å²) >= 11 is 0. The van der Waals surface area contributed by atoms with Crippen molar-refractivity contribution in [3.63, 3.8) is 0 Å². The van der Waals surface area contributed by atoms with Crippen molar-refractivity contribution in [2.24, 2.45) is 0 Å². The summed E-state index contributed by atoms with van der Waals surface area (Å²) in [6, 6.07) is 42.6. The van der Waals surface area contributed by atoms with E-state index in [9.17, 15) is 0 Å². The van der Waals surface area contributed by atoms with Crippen LogP contribution in [0.4, 0.5) is 34.1 Å². The van der Waals surface area contributed by atoms with Gasteiger partial charge in [-0.3, -0.25) is 0 Å². The Morgan fingerprint density at radius 3 is 1.27 bits per heavy atom. The van der Waals surface area contributed by atoms with Gasteiger partial charge in [-0.2, -0.15) is 23.8 Å². The standard InChI is InChI=1S/C49H43N2O4.Fe/c1-32-27-37(17-25-48(32)54-5)50(35-11-19-41(52-3)20-12-35)39-15-23-43-44-24-16-40(31-47(44)45(46(43)30-39)29-34-9-7-8-10-34)51(36-13-21-42(53-4)22-14-36)38-18-26-49(55-6)33(2)28-38;/h7,9,11-31H,8H2,1-6H3;/q-1;. The van der Waals surface area contributed by atoms with E-state index >= 15 is 0 Å². The molecule has 0 unspecified atom stereocenters. The minimum absolute atomic E-state index is 0. The van der Waals surface area contributed by atoms with Crippen molar-refractivity contribution in [3.05, 3.63) is 173 Å².